The summed E-state index contributed by atoms with van der Waals surface area (Å²) in [5.41, 5.74) is 4.13. The first kappa shape index (κ1) is 16.7. The van der Waals surface area contributed by atoms with Crippen LogP contribution in [-0.4, -0.2) is 31.0 Å². The average Bonchev–Trinajstić information content (AvgIpc) is 2.67. The number of rotatable bonds is 4. The Morgan fingerprint density at radius 3 is 2.38 bits per heavy atom. The topological polar surface area (TPSA) is 29.5 Å². The number of nitrogens with zero attached hydrogens (tertiary/aromatic N) is 1. The first-order valence-electron chi connectivity index (χ1n) is 8.71. The molecule has 0 saturated carbocycles. The summed E-state index contributed by atoms with van der Waals surface area (Å²) in [6, 6.07) is 16.3. The van der Waals surface area contributed by atoms with Gasteiger partial charge in [-0.05, 0) is 55.0 Å². The average molecular weight is 323 g/mol. The summed E-state index contributed by atoms with van der Waals surface area (Å²) in [5, 5.41) is 0. The zero-order valence-electron chi connectivity index (χ0n) is 14.5. The van der Waals surface area contributed by atoms with E-state index in [0.717, 1.165) is 48.2 Å². The zero-order chi connectivity index (χ0) is 16.9. The number of methoxy groups -OCH3 is 1. The van der Waals surface area contributed by atoms with Crippen LogP contribution in [0.3, 0.4) is 0 Å². The molecule has 3 heteroatoms. The standard InChI is InChI=1S/C21H25NO2/c1-16(24-2)17-9-11-18(12-10-17)19-7-6-8-20(15-19)21(23)22-13-4-3-5-14-22/h6-12,15-16H,3-5,13-14H2,1-2H3. The molecule has 0 aliphatic carbocycles. The molecule has 0 aromatic heterocycles. The lowest BCUT2D eigenvalue weighted by molar-refractivity contribution is 0.0724. The predicted octanol–water partition coefficient (Wildman–Crippen LogP) is 4.69. The molecule has 0 radical (unpaired) electrons. The van der Waals surface area contributed by atoms with E-state index in [1.807, 2.05) is 30.0 Å². The van der Waals surface area contributed by atoms with Crippen molar-refractivity contribution in [1.82, 2.24) is 4.90 Å². The van der Waals surface area contributed by atoms with Gasteiger partial charge in [-0.3, -0.25) is 4.79 Å². The number of benzene rings is 2. The molecule has 2 aromatic carbocycles. The van der Waals surface area contributed by atoms with Crippen molar-refractivity contribution in [2.75, 3.05) is 20.2 Å². The Kier molecular flexibility index (Phi) is 5.31. The maximum atomic E-state index is 12.7. The number of amides is 1. The lowest BCUT2D eigenvalue weighted by Gasteiger charge is -2.26. The van der Waals surface area contributed by atoms with Crippen molar-refractivity contribution in [3.63, 3.8) is 0 Å². The summed E-state index contributed by atoms with van der Waals surface area (Å²) in [6.07, 6.45) is 3.55. The third kappa shape index (κ3) is 3.68. The normalized spacial score (nSPS) is 16.0. The quantitative estimate of drug-likeness (QED) is 0.817. The SMILES string of the molecule is COC(C)c1ccc(-c2cccc(C(=O)N3CCCCC3)c2)cc1. The lowest BCUT2D eigenvalue weighted by Crippen LogP contribution is -2.35. The molecule has 1 aliphatic rings. The summed E-state index contributed by atoms with van der Waals surface area (Å²) in [5.74, 6) is 0.154. The minimum atomic E-state index is 0.0889. The lowest BCUT2D eigenvalue weighted by atomic mass is 10.00. The van der Waals surface area contributed by atoms with E-state index >= 15 is 0 Å². The van der Waals surface area contributed by atoms with E-state index in [1.165, 1.54) is 6.42 Å². The number of ether oxygens (including phenoxy) is 1. The van der Waals surface area contributed by atoms with Gasteiger partial charge in [0.2, 0.25) is 0 Å². The molecule has 1 fully saturated rings. The molecular formula is C21H25NO2. The van der Waals surface area contributed by atoms with Crippen molar-refractivity contribution in [1.29, 1.82) is 0 Å². The third-order valence-electron chi connectivity index (χ3n) is 4.82. The van der Waals surface area contributed by atoms with Gasteiger partial charge in [-0.25, -0.2) is 0 Å². The van der Waals surface area contributed by atoms with Crippen molar-refractivity contribution >= 4 is 5.91 Å². The summed E-state index contributed by atoms with van der Waals surface area (Å²) >= 11 is 0. The second kappa shape index (κ2) is 7.63. The van der Waals surface area contributed by atoms with Crippen molar-refractivity contribution in [3.05, 3.63) is 59.7 Å². The molecule has 0 N–H and O–H groups in total. The Labute approximate surface area is 144 Å². The number of hydrogen-bond donors (Lipinski definition) is 0. The maximum Gasteiger partial charge on any atom is 0.253 e. The van der Waals surface area contributed by atoms with Gasteiger partial charge in [0.25, 0.3) is 5.91 Å². The second-order valence-corrected chi connectivity index (χ2v) is 6.43. The van der Waals surface area contributed by atoms with Crippen molar-refractivity contribution in [2.45, 2.75) is 32.3 Å². The Balaban J connectivity index is 1.81. The molecule has 0 bridgehead atoms. The van der Waals surface area contributed by atoms with Crippen molar-refractivity contribution in [3.8, 4) is 11.1 Å². The first-order chi connectivity index (χ1) is 11.7. The van der Waals surface area contributed by atoms with Gasteiger partial charge >= 0.3 is 0 Å². The van der Waals surface area contributed by atoms with E-state index in [4.69, 9.17) is 4.74 Å². The summed E-state index contributed by atoms with van der Waals surface area (Å²) in [6.45, 7) is 3.80. The van der Waals surface area contributed by atoms with Gasteiger partial charge < -0.3 is 9.64 Å². The monoisotopic (exact) mass is 323 g/mol. The molecule has 3 nitrogen and oxygen atoms in total. The molecule has 126 valence electrons. The fraction of sp³-hybridized carbons (Fsp3) is 0.381. The fourth-order valence-electron chi connectivity index (χ4n) is 3.19. The highest BCUT2D eigenvalue weighted by molar-refractivity contribution is 5.95. The number of carbonyl (C=O) groups is 1. The Bertz CT molecular complexity index is 687. The third-order valence-corrected chi connectivity index (χ3v) is 4.82. The molecule has 2 aromatic rings. The molecule has 24 heavy (non-hydrogen) atoms. The number of likely N-dealkylation sites (tertiary alicyclic amines) is 1. The molecule has 1 amide bonds. The molecular weight excluding hydrogens is 298 g/mol. The van der Waals surface area contributed by atoms with Gasteiger partial charge in [0.15, 0.2) is 0 Å². The molecule has 0 spiro atoms. The Morgan fingerprint density at radius 2 is 1.71 bits per heavy atom. The molecule has 1 atom stereocenters. The predicted molar refractivity (Wildman–Crippen MR) is 97.1 cm³/mol. The zero-order valence-corrected chi connectivity index (χ0v) is 14.5. The Hall–Kier alpha value is -2.13. The molecule has 1 heterocycles. The van der Waals surface area contributed by atoms with Crippen LogP contribution in [0.5, 0.6) is 0 Å². The summed E-state index contributed by atoms with van der Waals surface area (Å²) in [4.78, 5) is 14.7. The van der Waals surface area contributed by atoms with E-state index in [1.54, 1.807) is 7.11 Å². The van der Waals surface area contributed by atoms with Gasteiger partial charge in [-0.2, -0.15) is 0 Å². The largest absolute Gasteiger partial charge is 0.377 e. The van der Waals surface area contributed by atoms with Crippen LogP contribution in [0, 0.1) is 0 Å². The van der Waals surface area contributed by atoms with E-state index < -0.39 is 0 Å². The van der Waals surface area contributed by atoms with E-state index in [0.29, 0.717) is 0 Å². The van der Waals surface area contributed by atoms with Crippen LogP contribution in [0.25, 0.3) is 11.1 Å². The van der Waals surface area contributed by atoms with E-state index in [-0.39, 0.29) is 12.0 Å². The van der Waals surface area contributed by atoms with Crippen LogP contribution in [0.1, 0.15) is 48.2 Å². The van der Waals surface area contributed by atoms with Crippen LogP contribution in [0.15, 0.2) is 48.5 Å². The maximum absolute atomic E-state index is 12.7. The van der Waals surface area contributed by atoms with Crippen LogP contribution in [-0.2, 0) is 4.74 Å². The summed E-state index contributed by atoms with van der Waals surface area (Å²) in [7, 11) is 1.72. The summed E-state index contributed by atoms with van der Waals surface area (Å²) < 4.78 is 5.35. The first-order valence-corrected chi connectivity index (χ1v) is 8.71. The van der Waals surface area contributed by atoms with E-state index in [9.17, 15) is 4.79 Å². The number of hydrogen-bond acceptors (Lipinski definition) is 2. The molecule has 3 rings (SSSR count). The Morgan fingerprint density at radius 1 is 1.00 bits per heavy atom. The second-order valence-electron chi connectivity index (χ2n) is 6.43. The van der Waals surface area contributed by atoms with Crippen LogP contribution in [0.2, 0.25) is 0 Å². The number of carbonyl (C=O) groups excluding carboxylic acids is 1. The van der Waals surface area contributed by atoms with Gasteiger partial charge in [0.05, 0.1) is 6.10 Å². The van der Waals surface area contributed by atoms with Gasteiger partial charge in [-0.15, -0.1) is 0 Å². The minimum Gasteiger partial charge on any atom is -0.377 e. The van der Waals surface area contributed by atoms with Crippen LogP contribution in [0.4, 0.5) is 0 Å². The smallest absolute Gasteiger partial charge is 0.253 e. The van der Waals surface area contributed by atoms with Crippen molar-refractivity contribution in [2.24, 2.45) is 0 Å². The molecule has 1 aliphatic heterocycles. The fourth-order valence-corrected chi connectivity index (χ4v) is 3.19. The van der Waals surface area contributed by atoms with Crippen LogP contribution >= 0.6 is 0 Å². The molecule has 1 unspecified atom stereocenters. The van der Waals surface area contributed by atoms with Crippen molar-refractivity contribution < 1.29 is 9.53 Å². The van der Waals surface area contributed by atoms with Gasteiger partial charge in [0, 0.05) is 25.8 Å². The highest BCUT2D eigenvalue weighted by atomic mass is 16.5. The highest BCUT2D eigenvalue weighted by Gasteiger charge is 2.18. The van der Waals surface area contributed by atoms with Gasteiger partial charge in [0.1, 0.15) is 0 Å². The van der Waals surface area contributed by atoms with Gasteiger partial charge in [-0.1, -0.05) is 36.4 Å². The number of piperidine rings is 1. The minimum absolute atomic E-state index is 0.0889. The van der Waals surface area contributed by atoms with Crippen LogP contribution < -0.4 is 0 Å². The van der Waals surface area contributed by atoms with E-state index in [2.05, 4.69) is 30.3 Å². The molecule has 1 saturated heterocycles. The highest BCUT2D eigenvalue weighted by Crippen LogP contribution is 2.24.